The molecule has 0 saturated carbocycles. The van der Waals surface area contributed by atoms with Crippen LogP contribution in [0.4, 0.5) is 10.2 Å². The van der Waals surface area contributed by atoms with E-state index in [-0.39, 0.29) is 17.8 Å². The van der Waals surface area contributed by atoms with Crippen molar-refractivity contribution in [3.05, 3.63) is 47.3 Å². The maximum atomic E-state index is 13.8. The number of anilines is 1. The van der Waals surface area contributed by atoms with Gasteiger partial charge in [-0.05, 0) is 44.9 Å². The summed E-state index contributed by atoms with van der Waals surface area (Å²) in [5.41, 5.74) is 0.584. The molecule has 122 valence electrons. The van der Waals surface area contributed by atoms with Crippen LogP contribution in [0.1, 0.15) is 34.7 Å². The van der Waals surface area contributed by atoms with Crippen LogP contribution in [0.5, 0.6) is 0 Å². The molecule has 1 amide bonds. The monoisotopic (exact) mass is 317 g/mol. The minimum Gasteiger partial charge on any atom is -0.466 e. The Morgan fingerprint density at radius 1 is 1.39 bits per heavy atom. The highest BCUT2D eigenvalue weighted by molar-refractivity contribution is 5.95. The second-order valence-electron chi connectivity index (χ2n) is 5.87. The summed E-state index contributed by atoms with van der Waals surface area (Å²) in [5, 5.41) is 3.04. The Labute approximate surface area is 134 Å². The van der Waals surface area contributed by atoms with Crippen LogP contribution in [-0.2, 0) is 0 Å². The van der Waals surface area contributed by atoms with Crippen molar-refractivity contribution in [3.63, 3.8) is 0 Å². The fourth-order valence-electron chi connectivity index (χ4n) is 2.97. The quantitative estimate of drug-likeness (QED) is 0.946. The first-order chi connectivity index (χ1) is 11.0. The van der Waals surface area contributed by atoms with Gasteiger partial charge in [0.2, 0.25) is 0 Å². The van der Waals surface area contributed by atoms with Crippen LogP contribution in [0.15, 0.2) is 28.8 Å². The highest BCUT2D eigenvalue weighted by Crippen LogP contribution is 2.21. The molecule has 0 aromatic carbocycles. The number of hydrogen-bond acceptors (Lipinski definition) is 4. The van der Waals surface area contributed by atoms with Crippen LogP contribution in [0, 0.1) is 19.7 Å². The normalized spacial score (nSPS) is 15.7. The van der Waals surface area contributed by atoms with E-state index in [1.807, 2.05) is 11.8 Å². The molecule has 0 spiro atoms. The van der Waals surface area contributed by atoms with E-state index in [0.717, 1.165) is 18.6 Å². The van der Waals surface area contributed by atoms with Crippen molar-refractivity contribution in [1.29, 1.82) is 0 Å². The number of hydrogen-bond donors (Lipinski definition) is 1. The SMILES string of the molecule is Cc1cc(C(=O)NC2CCN(c3ncccc3F)CC2)c(C)o1. The Morgan fingerprint density at radius 3 is 2.74 bits per heavy atom. The van der Waals surface area contributed by atoms with Gasteiger partial charge in [-0.25, -0.2) is 9.37 Å². The zero-order valence-electron chi connectivity index (χ0n) is 13.3. The van der Waals surface area contributed by atoms with E-state index in [4.69, 9.17) is 4.42 Å². The van der Waals surface area contributed by atoms with Crippen molar-refractivity contribution < 1.29 is 13.6 Å². The molecule has 1 N–H and O–H groups in total. The zero-order valence-corrected chi connectivity index (χ0v) is 13.3. The van der Waals surface area contributed by atoms with Gasteiger partial charge in [-0.1, -0.05) is 0 Å². The molecule has 3 heterocycles. The van der Waals surface area contributed by atoms with Crippen molar-refractivity contribution >= 4 is 11.7 Å². The number of carbonyl (C=O) groups is 1. The lowest BCUT2D eigenvalue weighted by molar-refractivity contribution is 0.0929. The first kappa shape index (κ1) is 15.5. The van der Waals surface area contributed by atoms with E-state index in [1.165, 1.54) is 6.07 Å². The molecule has 0 atom stereocenters. The summed E-state index contributed by atoms with van der Waals surface area (Å²) in [7, 11) is 0. The lowest BCUT2D eigenvalue weighted by atomic mass is 10.0. The highest BCUT2D eigenvalue weighted by atomic mass is 19.1. The fourth-order valence-corrected chi connectivity index (χ4v) is 2.97. The number of piperidine rings is 1. The van der Waals surface area contributed by atoms with Gasteiger partial charge < -0.3 is 14.6 Å². The van der Waals surface area contributed by atoms with Crippen molar-refractivity contribution in [2.75, 3.05) is 18.0 Å². The minimum atomic E-state index is -0.306. The number of aromatic nitrogens is 1. The predicted octanol–water partition coefficient (Wildman–Crippen LogP) is 2.83. The van der Waals surface area contributed by atoms with Gasteiger partial charge in [0.05, 0.1) is 5.56 Å². The number of amides is 1. The molecule has 0 aliphatic carbocycles. The lowest BCUT2D eigenvalue weighted by Crippen LogP contribution is -2.45. The summed E-state index contributed by atoms with van der Waals surface area (Å²) in [5.74, 6) is 1.33. The van der Waals surface area contributed by atoms with E-state index in [2.05, 4.69) is 10.3 Å². The second kappa shape index (κ2) is 6.40. The van der Waals surface area contributed by atoms with Crippen LogP contribution in [-0.4, -0.2) is 30.0 Å². The zero-order chi connectivity index (χ0) is 16.4. The van der Waals surface area contributed by atoms with Crippen LogP contribution < -0.4 is 10.2 Å². The number of halogens is 1. The third-order valence-electron chi connectivity index (χ3n) is 4.15. The number of pyridine rings is 1. The Balaban J connectivity index is 1.58. The third-order valence-corrected chi connectivity index (χ3v) is 4.15. The van der Waals surface area contributed by atoms with Crippen LogP contribution in [0.2, 0.25) is 0 Å². The molecule has 0 unspecified atom stereocenters. The van der Waals surface area contributed by atoms with Crippen molar-refractivity contribution in [3.8, 4) is 0 Å². The molecule has 2 aromatic rings. The summed E-state index contributed by atoms with van der Waals surface area (Å²) in [6.45, 7) is 4.95. The standard InChI is InChI=1S/C17H20FN3O2/c1-11-10-14(12(2)23-11)17(22)20-13-5-8-21(9-6-13)16-15(18)4-3-7-19-16/h3-4,7,10,13H,5-6,8-9H2,1-2H3,(H,20,22). The van der Waals surface area contributed by atoms with E-state index in [0.29, 0.717) is 30.2 Å². The Hall–Kier alpha value is -2.37. The maximum Gasteiger partial charge on any atom is 0.255 e. The molecule has 1 aliphatic rings. The molecule has 3 rings (SSSR count). The number of nitrogens with zero attached hydrogens (tertiary/aromatic N) is 2. The Bertz CT molecular complexity index is 706. The van der Waals surface area contributed by atoms with E-state index >= 15 is 0 Å². The first-order valence-electron chi connectivity index (χ1n) is 7.78. The van der Waals surface area contributed by atoms with E-state index < -0.39 is 0 Å². The average Bonchev–Trinajstić information content (AvgIpc) is 2.87. The van der Waals surface area contributed by atoms with E-state index in [9.17, 15) is 9.18 Å². The summed E-state index contributed by atoms with van der Waals surface area (Å²) >= 11 is 0. The van der Waals surface area contributed by atoms with Crippen molar-refractivity contribution in [1.82, 2.24) is 10.3 Å². The van der Waals surface area contributed by atoms with E-state index in [1.54, 1.807) is 25.3 Å². The van der Waals surface area contributed by atoms with Crippen LogP contribution in [0.25, 0.3) is 0 Å². The first-order valence-corrected chi connectivity index (χ1v) is 7.78. The molecule has 2 aromatic heterocycles. The van der Waals surface area contributed by atoms with Crippen molar-refractivity contribution in [2.45, 2.75) is 32.7 Å². The minimum absolute atomic E-state index is 0.0835. The van der Waals surface area contributed by atoms with Gasteiger partial charge in [-0.3, -0.25) is 4.79 Å². The third kappa shape index (κ3) is 3.36. The molecule has 1 saturated heterocycles. The van der Waals surface area contributed by atoms with Gasteiger partial charge in [-0.15, -0.1) is 0 Å². The molecule has 1 fully saturated rings. The smallest absolute Gasteiger partial charge is 0.255 e. The Kier molecular flexibility index (Phi) is 4.32. The molecule has 0 radical (unpaired) electrons. The van der Waals surface area contributed by atoms with Crippen LogP contribution in [0.3, 0.4) is 0 Å². The molecule has 0 bridgehead atoms. The molecule has 1 aliphatic heterocycles. The molecule has 5 nitrogen and oxygen atoms in total. The summed E-state index contributed by atoms with van der Waals surface area (Å²) in [6.07, 6.45) is 3.12. The predicted molar refractivity (Wildman–Crippen MR) is 85.1 cm³/mol. The Morgan fingerprint density at radius 2 is 2.13 bits per heavy atom. The summed E-state index contributed by atoms with van der Waals surface area (Å²) < 4.78 is 19.2. The fraction of sp³-hybridized carbons (Fsp3) is 0.412. The topological polar surface area (TPSA) is 58.4 Å². The van der Waals surface area contributed by atoms with Gasteiger partial charge in [0.25, 0.3) is 5.91 Å². The van der Waals surface area contributed by atoms with Gasteiger partial charge in [0.15, 0.2) is 11.6 Å². The summed E-state index contributed by atoms with van der Waals surface area (Å²) in [4.78, 5) is 18.3. The number of furan rings is 1. The van der Waals surface area contributed by atoms with Gasteiger partial charge in [0.1, 0.15) is 11.5 Å². The second-order valence-corrected chi connectivity index (χ2v) is 5.87. The highest BCUT2D eigenvalue weighted by Gasteiger charge is 2.24. The van der Waals surface area contributed by atoms with Crippen LogP contribution >= 0.6 is 0 Å². The number of nitrogens with one attached hydrogen (secondary N) is 1. The molecule has 6 heteroatoms. The van der Waals surface area contributed by atoms with Gasteiger partial charge in [0, 0.05) is 25.3 Å². The number of carbonyl (C=O) groups excluding carboxylic acids is 1. The average molecular weight is 317 g/mol. The lowest BCUT2D eigenvalue weighted by Gasteiger charge is -2.33. The molecular weight excluding hydrogens is 297 g/mol. The van der Waals surface area contributed by atoms with Gasteiger partial charge >= 0.3 is 0 Å². The number of aryl methyl sites for hydroxylation is 2. The molecular formula is C17H20FN3O2. The van der Waals surface area contributed by atoms with Gasteiger partial charge in [-0.2, -0.15) is 0 Å². The maximum absolute atomic E-state index is 13.8. The van der Waals surface area contributed by atoms with Crippen molar-refractivity contribution in [2.24, 2.45) is 0 Å². The largest absolute Gasteiger partial charge is 0.466 e. The summed E-state index contributed by atoms with van der Waals surface area (Å²) in [6, 6.07) is 4.84. The number of rotatable bonds is 3. The molecule has 23 heavy (non-hydrogen) atoms.